The fraction of sp³-hybridized carbons (Fsp3) is 0.419. The predicted molar refractivity (Wildman–Crippen MR) is 153 cm³/mol. The van der Waals surface area contributed by atoms with E-state index in [9.17, 15) is 9.90 Å². The molecule has 0 radical (unpaired) electrons. The summed E-state index contributed by atoms with van der Waals surface area (Å²) in [5, 5.41) is 13.9. The van der Waals surface area contributed by atoms with E-state index in [4.69, 9.17) is 0 Å². The second-order valence-electron chi connectivity index (χ2n) is 11.5. The van der Waals surface area contributed by atoms with E-state index < -0.39 is 0 Å². The minimum atomic E-state index is -0.121. The van der Waals surface area contributed by atoms with Crippen molar-refractivity contribution < 1.29 is 9.90 Å². The van der Waals surface area contributed by atoms with Crippen molar-refractivity contribution in [2.45, 2.75) is 71.6 Å². The average Bonchev–Trinajstić information content (AvgIpc) is 2.80. The zero-order valence-corrected chi connectivity index (χ0v) is 23.3. The molecule has 1 aromatic heterocycles. The molecule has 3 rings (SSSR count). The van der Waals surface area contributed by atoms with Crippen LogP contribution < -0.4 is 5.32 Å². The second-order valence-corrected chi connectivity index (χ2v) is 12.6. The first-order chi connectivity index (χ1) is 16.9. The van der Waals surface area contributed by atoms with Crippen LogP contribution in [0.5, 0.6) is 5.75 Å². The van der Waals surface area contributed by atoms with Crippen molar-refractivity contribution in [1.29, 1.82) is 0 Å². The number of pyridine rings is 1. The highest BCUT2D eigenvalue weighted by atomic mass is 32.2. The molecule has 0 unspecified atom stereocenters. The molecule has 2 N–H and O–H groups in total. The van der Waals surface area contributed by atoms with Crippen LogP contribution >= 0.6 is 11.8 Å². The van der Waals surface area contributed by atoms with E-state index in [-0.39, 0.29) is 16.7 Å². The Kier molecular flexibility index (Phi) is 9.24. The molecule has 4 nitrogen and oxygen atoms in total. The zero-order chi connectivity index (χ0) is 26.3. The molecular weight excluding hydrogens is 464 g/mol. The third-order valence-corrected chi connectivity index (χ3v) is 7.21. The highest BCUT2D eigenvalue weighted by Gasteiger charge is 2.26. The minimum absolute atomic E-state index is 0.0246. The molecule has 0 saturated carbocycles. The topological polar surface area (TPSA) is 62.2 Å². The van der Waals surface area contributed by atoms with Gasteiger partial charge in [-0.1, -0.05) is 65.8 Å². The first kappa shape index (κ1) is 27.8. The van der Waals surface area contributed by atoms with Gasteiger partial charge in [0.25, 0.3) is 0 Å². The number of hydrogen-bond donors (Lipinski definition) is 2. The normalized spacial score (nSPS) is 11.9. The molecule has 0 atom stereocenters. The van der Waals surface area contributed by atoms with E-state index in [1.54, 1.807) is 24.2 Å². The standard InChI is InChI=1S/C31H40N2O2S/c1-30(2,3)26-19-24(20-27(29(26)35)31(4,5)6)8-7-17-36-21-28(34)33-25-11-9-22(10-12-25)18-23-13-15-32-16-14-23/h9-16,19-20,35H,7-8,17-18,21H2,1-6H3,(H,33,34). The Morgan fingerprint density at radius 2 is 1.42 bits per heavy atom. The van der Waals surface area contributed by atoms with E-state index in [0.29, 0.717) is 11.5 Å². The van der Waals surface area contributed by atoms with Gasteiger partial charge >= 0.3 is 0 Å². The summed E-state index contributed by atoms with van der Waals surface area (Å²) in [7, 11) is 0. The van der Waals surface area contributed by atoms with E-state index >= 15 is 0 Å². The molecule has 0 aliphatic carbocycles. The lowest BCUT2D eigenvalue weighted by molar-refractivity contribution is -0.113. The Morgan fingerprint density at radius 3 is 1.97 bits per heavy atom. The maximum atomic E-state index is 12.4. The zero-order valence-electron chi connectivity index (χ0n) is 22.5. The number of nitrogens with one attached hydrogen (secondary N) is 1. The summed E-state index contributed by atoms with van der Waals surface area (Å²) in [5.74, 6) is 1.80. The van der Waals surface area contributed by atoms with Crippen molar-refractivity contribution in [3.63, 3.8) is 0 Å². The number of amides is 1. The van der Waals surface area contributed by atoms with Gasteiger partial charge in [-0.05, 0) is 87.9 Å². The number of aryl methyl sites for hydroxylation is 1. The molecule has 0 saturated heterocycles. The van der Waals surface area contributed by atoms with Crippen LogP contribution in [0.3, 0.4) is 0 Å². The van der Waals surface area contributed by atoms with Crippen LogP contribution in [0.15, 0.2) is 60.9 Å². The molecule has 3 aromatic rings. The maximum Gasteiger partial charge on any atom is 0.234 e. The Balaban J connectivity index is 1.46. The molecule has 0 bridgehead atoms. The lowest BCUT2D eigenvalue weighted by atomic mass is 9.78. The number of nitrogens with zero attached hydrogens (tertiary/aromatic N) is 1. The van der Waals surface area contributed by atoms with Gasteiger partial charge in [0.1, 0.15) is 5.75 Å². The van der Waals surface area contributed by atoms with Crippen molar-refractivity contribution in [3.8, 4) is 5.75 Å². The van der Waals surface area contributed by atoms with E-state index in [2.05, 4.69) is 76.1 Å². The lowest BCUT2D eigenvalue weighted by Gasteiger charge is -2.28. The van der Waals surface area contributed by atoms with Crippen LogP contribution in [-0.4, -0.2) is 27.5 Å². The van der Waals surface area contributed by atoms with Crippen molar-refractivity contribution in [2.24, 2.45) is 0 Å². The van der Waals surface area contributed by atoms with Gasteiger partial charge in [-0.2, -0.15) is 11.8 Å². The van der Waals surface area contributed by atoms with Gasteiger partial charge in [0.2, 0.25) is 5.91 Å². The summed E-state index contributed by atoms with van der Waals surface area (Å²) in [4.78, 5) is 16.5. The molecule has 0 spiro atoms. The number of rotatable bonds is 9. The fourth-order valence-corrected chi connectivity index (χ4v) is 4.91. The van der Waals surface area contributed by atoms with Gasteiger partial charge in [0.15, 0.2) is 0 Å². The van der Waals surface area contributed by atoms with Crippen molar-refractivity contribution in [3.05, 3.63) is 88.7 Å². The predicted octanol–water partition coefficient (Wildman–Crippen LogP) is 7.28. The van der Waals surface area contributed by atoms with Crippen molar-refractivity contribution >= 4 is 23.4 Å². The molecule has 192 valence electrons. The molecule has 0 fully saturated rings. The smallest absolute Gasteiger partial charge is 0.234 e. The number of aromatic nitrogens is 1. The first-order valence-corrected chi connectivity index (χ1v) is 13.8. The Labute approximate surface area is 221 Å². The first-order valence-electron chi connectivity index (χ1n) is 12.7. The van der Waals surface area contributed by atoms with E-state index in [1.165, 1.54) is 16.7 Å². The summed E-state index contributed by atoms with van der Waals surface area (Å²) in [5.41, 5.74) is 6.26. The fourth-order valence-electron chi connectivity index (χ4n) is 4.16. The van der Waals surface area contributed by atoms with Crippen LogP contribution in [0.2, 0.25) is 0 Å². The number of aromatic hydroxyl groups is 1. The number of phenolic OH excluding ortho intramolecular Hbond substituents is 1. The molecule has 2 aromatic carbocycles. The molecule has 36 heavy (non-hydrogen) atoms. The number of phenols is 1. The van der Waals surface area contributed by atoms with Crippen LogP contribution in [0.1, 0.15) is 75.8 Å². The maximum absolute atomic E-state index is 12.4. The number of hydrogen-bond acceptors (Lipinski definition) is 4. The van der Waals surface area contributed by atoms with Gasteiger partial charge in [-0.3, -0.25) is 9.78 Å². The number of anilines is 1. The quantitative estimate of drug-likeness (QED) is 0.301. The monoisotopic (exact) mass is 504 g/mol. The highest BCUT2D eigenvalue weighted by molar-refractivity contribution is 7.99. The Hall–Kier alpha value is -2.79. The Morgan fingerprint density at radius 1 is 0.861 bits per heavy atom. The van der Waals surface area contributed by atoms with Crippen LogP contribution in [0, 0.1) is 0 Å². The highest BCUT2D eigenvalue weighted by Crippen LogP contribution is 2.40. The summed E-state index contributed by atoms with van der Waals surface area (Å²) >= 11 is 1.66. The number of carbonyl (C=O) groups is 1. The summed E-state index contributed by atoms with van der Waals surface area (Å²) in [6.45, 7) is 12.8. The summed E-state index contributed by atoms with van der Waals surface area (Å²) in [6.07, 6.45) is 6.37. The van der Waals surface area contributed by atoms with Gasteiger partial charge in [0.05, 0.1) is 5.75 Å². The largest absolute Gasteiger partial charge is 0.507 e. The molecule has 1 heterocycles. The Bertz CT molecular complexity index is 1110. The minimum Gasteiger partial charge on any atom is -0.507 e. The molecule has 1 amide bonds. The van der Waals surface area contributed by atoms with Gasteiger partial charge in [0, 0.05) is 18.1 Å². The number of benzene rings is 2. The van der Waals surface area contributed by atoms with Crippen LogP contribution in [0.25, 0.3) is 0 Å². The third kappa shape index (κ3) is 8.12. The molecule has 0 aliphatic rings. The number of thioether (sulfide) groups is 1. The molecule has 5 heteroatoms. The SMILES string of the molecule is CC(C)(C)c1cc(CCCSCC(=O)Nc2ccc(Cc3ccncc3)cc2)cc(C(C)(C)C)c1O. The third-order valence-electron chi connectivity index (χ3n) is 6.17. The summed E-state index contributed by atoms with van der Waals surface area (Å²) < 4.78 is 0. The molecule has 0 aliphatic heterocycles. The van der Waals surface area contributed by atoms with Crippen LogP contribution in [0.4, 0.5) is 5.69 Å². The van der Waals surface area contributed by atoms with Crippen LogP contribution in [-0.2, 0) is 28.5 Å². The lowest BCUT2D eigenvalue weighted by Crippen LogP contribution is -2.18. The van der Waals surface area contributed by atoms with Crippen molar-refractivity contribution in [2.75, 3.05) is 16.8 Å². The second kappa shape index (κ2) is 12.0. The van der Waals surface area contributed by atoms with Gasteiger partial charge < -0.3 is 10.4 Å². The number of carbonyl (C=O) groups excluding carboxylic acids is 1. The average molecular weight is 505 g/mol. The van der Waals surface area contributed by atoms with Gasteiger partial charge in [-0.15, -0.1) is 0 Å². The molecular formula is C31H40N2O2S. The van der Waals surface area contributed by atoms with Crippen molar-refractivity contribution in [1.82, 2.24) is 4.98 Å². The summed E-state index contributed by atoms with van der Waals surface area (Å²) in [6, 6.07) is 16.4. The van der Waals surface area contributed by atoms with E-state index in [1.807, 2.05) is 24.3 Å². The van der Waals surface area contributed by atoms with E-state index in [0.717, 1.165) is 41.8 Å². The van der Waals surface area contributed by atoms with Gasteiger partial charge in [-0.25, -0.2) is 0 Å².